The lowest BCUT2D eigenvalue weighted by molar-refractivity contribution is -0.127. The van der Waals surface area contributed by atoms with Gasteiger partial charge in [0.05, 0.1) is 25.5 Å². The molecule has 0 saturated carbocycles. The zero-order chi connectivity index (χ0) is 21.3. The Morgan fingerprint density at radius 1 is 1.23 bits per heavy atom. The van der Waals surface area contributed by atoms with Gasteiger partial charge in [0.25, 0.3) is 0 Å². The summed E-state index contributed by atoms with van der Waals surface area (Å²) >= 11 is 1.83. The second-order valence-corrected chi connectivity index (χ2v) is 9.37. The minimum Gasteiger partial charge on any atom is -0.379 e. The first kappa shape index (κ1) is 26.3. The summed E-state index contributed by atoms with van der Waals surface area (Å²) in [5, 5.41) is 4.59. The van der Waals surface area contributed by atoms with Crippen molar-refractivity contribution in [2.45, 2.75) is 38.6 Å². The van der Waals surface area contributed by atoms with E-state index in [2.05, 4.69) is 20.1 Å². The number of carbonyl (C=O) groups is 1. The average molecular weight is 565 g/mol. The summed E-state index contributed by atoms with van der Waals surface area (Å²) in [6, 6.07) is 0. The van der Waals surface area contributed by atoms with Crippen LogP contribution < -0.4 is 5.32 Å². The smallest absolute Gasteiger partial charge is 0.243 e. The summed E-state index contributed by atoms with van der Waals surface area (Å²) in [5.41, 5.74) is 1.29. The molecule has 31 heavy (non-hydrogen) atoms. The number of likely N-dealkylation sites (N-methyl/N-ethyl adjacent to an activating group) is 1. The normalized spacial score (nSPS) is 16.9. The second kappa shape index (κ2) is 13.5. The predicted octanol–water partition coefficient (Wildman–Crippen LogP) is 1.83. The molecule has 1 aliphatic carbocycles. The first-order chi connectivity index (χ1) is 14.5. The van der Waals surface area contributed by atoms with Crippen LogP contribution in [0, 0.1) is 0 Å². The highest BCUT2D eigenvalue weighted by Crippen LogP contribution is 2.27. The molecule has 0 atom stereocenters. The highest BCUT2D eigenvalue weighted by molar-refractivity contribution is 14.0. The van der Waals surface area contributed by atoms with Crippen LogP contribution in [0.15, 0.2) is 4.99 Å². The molecule has 176 valence electrons. The fourth-order valence-electron chi connectivity index (χ4n) is 3.67. The topological polar surface area (TPSA) is 73.3 Å². The van der Waals surface area contributed by atoms with E-state index in [1.165, 1.54) is 23.4 Å². The highest BCUT2D eigenvalue weighted by Gasteiger charge is 2.17. The first-order valence-corrected chi connectivity index (χ1v) is 11.8. The third-order valence-corrected chi connectivity index (χ3v) is 6.67. The molecule has 1 aromatic heterocycles. The Morgan fingerprint density at radius 3 is 2.68 bits per heavy atom. The standard InChI is InChI=1S/C21H36N6O2S.HI/c1-25(2)20(28)15-23-21(22-9-6-10-27-11-13-29-14-12-27)26(3)16-19-24-17-7-4-5-8-18(17)30-19;/h4-16H2,1-3H3,(H,22,23);1H. The predicted molar refractivity (Wildman–Crippen MR) is 137 cm³/mol. The van der Waals surface area contributed by atoms with E-state index in [4.69, 9.17) is 9.72 Å². The van der Waals surface area contributed by atoms with E-state index < -0.39 is 0 Å². The molecule has 2 heterocycles. The van der Waals surface area contributed by atoms with Gasteiger partial charge in [0, 0.05) is 45.7 Å². The minimum absolute atomic E-state index is 0. The summed E-state index contributed by atoms with van der Waals surface area (Å²) in [5.74, 6) is 0.765. The maximum atomic E-state index is 12.0. The third-order valence-electron chi connectivity index (χ3n) is 5.52. The molecular formula is C21H37IN6O2S. The summed E-state index contributed by atoms with van der Waals surface area (Å²) in [6.45, 7) is 6.40. The molecule has 0 spiro atoms. The Bertz CT molecular complexity index is 697. The Morgan fingerprint density at radius 2 is 1.97 bits per heavy atom. The first-order valence-electron chi connectivity index (χ1n) is 11.0. The Hall–Kier alpha value is -0.980. The number of nitrogens with one attached hydrogen (secondary N) is 1. The van der Waals surface area contributed by atoms with E-state index in [0.717, 1.165) is 69.6 Å². The number of halogens is 1. The second-order valence-electron chi connectivity index (χ2n) is 8.20. The number of hydrogen-bond acceptors (Lipinski definition) is 6. The number of carbonyl (C=O) groups excluding carboxylic acids is 1. The van der Waals surface area contributed by atoms with Gasteiger partial charge in [0.2, 0.25) is 5.91 Å². The molecule has 1 fully saturated rings. The van der Waals surface area contributed by atoms with Crippen LogP contribution in [-0.4, -0.2) is 98.6 Å². The number of aromatic nitrogens is 1. The van der Waals surface area contributed by atoms with E-state index in [0.29, 0.717) is 6.54 Å². The van der Waals surface area contributed by atoms with Gasteiger partial charge in [-0.1, -0.05) is 0 Å². The number of amides is 1. The molecule has 0 unspecified atom stereocenters. The van der Waals surface area contributed by atoms with Gasteiger partial charge >= 0.3 is 0 Å². The maximum Gasteiger partial charge on any atom is 0.243 e. The lowest BCUT2D eigenvalue weighted by Gasteiger charge is -2.27. The van der Waals surface area contributed by atoms with E-state index in [9.17, 15) is 4.79 Å². The van der Waals surface area contributed by atoms with Gasteiger partial charge in [-0.15, -0.1) is 35.3 Å². The SMILES string of the molecule is CN(C)C(=O)CN=C(NCCCN1CCOCC1)N(C)Cc1nc2c(s1)CCCC2.I. The van der Waals surface area contributed by atoms with Gasteiger partial charge < -0.3 is 19.9 Å². The van der Waals surface area contributed by atoms with E-state index in [-0.39, 0.29) is 36.4 Å². The monoisotopic (exact) mass is 564 g/mol. The zero-order valence-corrected chi connectivity index (χ0v) is 22.2. The van der Waals surface area contributed by atoms with Crippen molar-refractivity contribution in [2.24, 2.45) is 4.99 Å². The molecule has 1 aromatic rings. The van der Waals surface area contributed by atoms with Crippen LogP contribution in [0.3, 0.4) is 0 Å². The van der Waals surface area contributed by atoms with Crippen molar-refractivity contribution in [1.82, 2.24) is 25.0 Å². The summed E-state index contributed by atoms with van der Waals surface area (Å²) < 4.78 is 5.41. The molecule has 1 amide bonds. The van der Waals surface area contributed by atoms with Crippen LogP contribution in [0.25, 0.3) is 0 Å². The van der Waals surface area contributed by atoms with Gasteiger partial charge in [0.1, 0.15) is 11.6 Å². The zero-order valence-electron chi connectivity index (χ0n) is 19.1. The van der Waals surface area contributed by atoms with Crippen LogP contribution in [-0.2, 0) is 28.9 Å². The van der Waals surface area contributed by atoms with Crippen molar-refractivity contribution in [1.29, 1.82) is 0 Å². The summed E-state index contributed by atoms with van der Waals surface area (Å²) in [6.07, 6.45) is 5.81. The number of thiazole rings is 1. The summed E-state index contributed by atoms with van der Waals surface area (Å²) in [7, 11) is 5.54. The number of nitrogens with zero attached hydrogens (tertiary/aromatic N) is 5. The van der Waals surface area contributed by atoms with Crippen molar-refractivity contribution in [3.63, 3.8) is 0 Å². The van der Waals surface area contributed by atoms with Crippen molar-refractivity contribution in [3.8, 4) is 0 Å². The molecule has 2 aliphatic rings. The number of morpholine rings is 1. The Balaban J connectivity index is 0.00000341. The van der Waals surface area contributed by atoms with Crippen LogP contribution in [0.2, 0.25) is 0 Å². The third kappa shape index (κ3) is 8.47. The lowest BCUT2D eigenvalue weighted by Crippen LogP contribution is -2.42. The van der Waals surface area contributed by atoms with Gasteiger partial charge in [-0.2, -0.15) is 0 Å². The van der Waals surface area contributed by atoms with Crippen LogP contribution in [0.1, 0.15) is 34.8 Å². The van der Waals surface area contributed by atoms with Crippen LogP contribution >= 0.6 is 35.3 Å². The average Bonchev–Trinajstić information content (AvgIpc) is 3.15. The fourth-order valence-corrected chi connectivity index (χ4v) is 4.88. The van der Waals surface area contributed by atoms with Gasteiger partial charge in [-0.3, -0.25) is 9.69 Å². The number of rotatable bonds is 8. The fraction of sp³-hybridized carbons (Fsp3) is 0.762. The van der Waals surface area contributed by atoms with E-state index in [1.807, 2.05) is 18.4 Å². The molecule has 0 bridgehead atoms. The van der Waals surface area contributed by atoms with Crippen molar-refractivity contribution in [2.75, 3.05) is 67.1 Å². The highest BCUT2D eigenvalue weighted by atomic mass is 127. The lowest BCUT2D eigenvalue weighted by atomic mass is 10.0. The van der Waals surface area contributed by atoms with E-state index in [1.54, 1.807) is 19.0 Å². The van der Waals surface area contributed by atoms with Gasteiger partial charge in [-0.05, 0) is 38.6 Å². The Labute approximate surface area is 207 Å². The minimum atomic E-state index is 0. The number of fused-ring (bicyclic) bond motifs is 1. The van der Waals surface area contributed by atoms with E-state index >= 15 is 0 Å². The van der Waals surface area contributed by atoms with Crippen molar-refractivity contribution in [3.05, 3.63) is 15.6 Å². The van der Waals surface area contributed by atoms with Crippen molar-refractivity contribution < 1.29 is 9.53 Å². The number of aryl methyl sites for hydroxylation is 2. The number of hydrogen-bond donors (Lipinski definition) is 1. The molecular weight excluding hydrogens is 527 g/mol. The van der Waals surface area contributed by atoms with Gasteiger partial charge in [-0.25, -0.2) is 9.98 Å². The quantitative estimate of drug-likeness (QED) is 0.225. The van der Waals surface area contributed by atoms with Crippen molar-refractivity contribution >= 4 is 47.2 Å². The molecule has 0 aromatic carbocycles. The number of guanidine groups is 1. The molecule has 10 heteroatoms. The van der Waals surface area contributed by atoms with Crippen LogP contribution in [0.5, 0.6) is 0 Å². The Kier molecular flexibility index (Phi) is 11.5. The molecule has 1 saturated heterocycles. The van der Waals surface area contributed by atoms with Crippen LogP contribution in [0.4, 0.5) is 0 Å². The number of ether oxygens (including phenoxy) is 1. The summed E-state index contributed by atoms with van der Waals surface area (Å²) in [4.78, 5) is 29.0. The molecule has 1 N–H and O–H groups in total. The largest absolute Gasteiger partial charge is 0.379 e. The molecule has 3 rings (SSSR count). The number of aliphatic imine (C=N–C) groups is 1. The van der Waals surface area contributed by atoms with Gasteiger partial charge in [0.15, 0.2) is 5.96 Å². The molecule has 8 nitrogen and oxygen atoms in total. The molecule has 0 radical (unpaired) electrons. The maximum absolute atomic E-state index is 12.0. The molecule has 1 aliphatic heterocycles.